The molecule has 3 rings (SSSR count). The van der Waals surface area contributed by atoms with Crippen molar-refractivity contribution < 1.29 is 9.66 Å². The average molecular weight is 398 g/mol. The summed E-state index contributed by atoms with van der Waals surface area (Å²) in [5.41, 5.74) is 2.74. The van der Waals surface area contributed by atoms with E-state index in [-0.39, 0.29) is 10.8 Å². The Hall–Kier alpha value is -3.53. The summed E-state index contributed by atoms with van der Waals surface area (Å²) in [4.78, 5) is 14.6. The topological polar surface area (TPSA) is 107 Å². The summed E-state index contributed by atoms with van der Waals surface area (Å²) in [6.07, 6.45) is 1.61. The molecule has 9 nitrogen and oxygen atoms in total. The first kappa shape index (κ1) is 19.2. The van der Waals surface area contributed by atoms with Crippen molar-refractivity contribution in [1.29, 1.82) is 0 Å². The molecule has 28 heavy (non-hydrogen) atoms. The molecule has 0 unspecified atom stereocenters. The summed E-state index contributed by atoms with van der Waals surface area (Å²) in [7, 11) is 1.43. The molecule has 0 saturated heterocycles. The molecule has 2 aromatic carbocycles. The number of ether oxygens (including phenoxy) is 1. The zero-order valence-electron chi connectivity index (χ0n) is 15.2. The smallest absolute Gasteiger partial charge is 0.273 e. The summed E-state index contributed by atoms with van der Waals surface area (Å²) in [5.74, 6) is 0.642. The zero-order valence-corrected chi connectivity index (χ0v) is 16.1. The molecule has 0 aliphatic rings. The van der Waals surface area contributed by atoms with Crippen molar-refractivity contribution >= 4 is 34.7 Å². The van der Waals surface area contributed by atoms with Crippen molar-refractivity contribution in [2.75, 3.05) is 17.7 Å². The minimum absolute atomic E-state index is 0.0714. The summed E-state index contributed by atoms with van der Waals surface area (Å²) in [6.45, 7) is 2.64. The number of benzene rings is 2. The number of rotatable bonds is 6. The van der Waals surface area contributed by atoms with E-state index in [1.807, 2.05) is 31.2 Å². The van der Waals surface area contributed by atoms with E-state index in [0.717, 1.165) is 5.56 Å². The molecule has 3 aromatic rings. The molecule has 144 valence electrons. The number of nitrogens with one attached hydrogen (secondary N) is 2. The summed E-state index contributed by atoms with van der Waals surface area (Å²) < 4.78 is 6.89. The number of thiocarbonyl (C=S) groups is 1. The SMILES string of the molecule is COc1cc([N+](=O)[O-])ccc1NC(=S)Nc1ncn(Cc2ccccc2C)n1. The Kier molecular flexibility index (Phi) is 5.80. The molecular weight excluding hydrogens is 380 g/mol. The van der Waals surface area contributed by atoms with E-state index in [4.69, 9.17) is 17.0 Å². The molecule has 0 fully saturated rings. The van der Waals surface area contributed by atoms with Crippen LogP contribution in [-0.2, 0) is 6.54 Å². The Labute approximate surface area is 166 Å². The highest BCUT2D eigenvalue weighted by Crippen LogP contribution is 2.29. The zero-order chi connectivity index (χ0) is 20.1. The van der Waals surface area contributed by atoms with Crippen LogP contribution in [0, 0.1) is 17.0 Å². The Bertz CT molecular complexity index is 1020. The summed E-state index contributed by atoms with van der Waals surface area (Å²) in [5, 5.41) is 21.3. The van der Waals surface area contributed by atoms with Gasteiger partial charge < -0.3 is 10.1 Å². The number of aryl methyl sites for hydroxylation is 1. The molecule has 0 bridgehead atoms. The molecule has 1 aromatic heterocycles. The first-order valence-electron chi connectivity index (χ1n) is 8.30. The van der Waals surface area contributed by atoms with Gasteiger partial charge in [-0.05, 0) is 36.3 Å². The predicted molar refractivity (Wildman–Crippen MR) is 110 cm³/mol. The minimum Gasteiger partial charge on any atom is -0.494 e. The molecule has 0 amide bonds. The van der Waals surface area contributed by atoms with Gasteiger partial charge in [-0.1, -0.05) is 24.3 Å². The lowest BCUT2D eigenvalue weighted by atomic mass is 10.1. The minimum atomic E-state index is -0.492. The fourth-order valence-electron chi connectivity index (χ4n) is 2.54. The van der Waals surface area contributed by atoms with Gasteiger partial charge in [0.05, 0.1) is 30.3 Å². The van der Waals surface area contributed by atoms with Gasteiger partial charge in [-0.25, -0.2) is 9.67 Å². The van der Waals surface area contributed by atoms with Crippen LogP contribution in [0.15, 0.2) is 48.8 Å². The van der Waals surface area contributed by atoms with Crippen LogP contribution in [0.1, 0.15) is 11.1 Å². The third-order valence-corrected chi connectivity index (χ3v) is 4.20. The van der Waals surface area contributed by atoms with Crippen LogP contribution in [0.3, 0.4) is 0 Å². The van der Waals surface area contributed by atoms with Gasteiger partial charge in [-0.2, -0.15) is 0 Å². The highest BCUT2D eigenvalue weighted by atomic mass is 32.1. The van der Waals surface area contributed by atoms with Gasteiger partial charge in [-0.15, -0.1) is 5.10 Å². The first-order valence-corrected chi connectivity index (χ1v) is 8.71. The number of aromatic nitrogens is 3. The quantitative estimate of drug-likeness (QED) is 0.370. The number of nitrogens with zero attached hydrogens (tertiary/aromatic N) is 4. The lowest BCUT2D eigenvalue weighted by Gasteiger charge is -2.11. The molecule has 0 aliphatic heterocycles. The maximum Gasteiger partial charge on any atom is 0.273 e. The number of hydrogen-bond acceptors (Lipinski definition) is 6. The lowest BCUT2D eigenvalue weighted by Crippen LogP contribution is -2.20. The number of nitro groups is 1. The molecule has 1 heterocycles. The van der Waals surface area contributed by atoms with Crippen LogP contribution in [0.4, 0.5) is 17.3 Å². The van der Waals surface area contributed by atoms with Crippen molar-refractivity contribution in [2.24, 2.45) is 0 Å². The molecular formula is C18H18N6O3S. The summed E-state index contributed by atoms with van der Waals surface area (Å²) >= 11 is 5.27. The Morgan fingerprint density at radius 1 is 1.29 bits per heavy atom. The Morgan fingerprint density at radius 2 is 2.07 bits per heavy atom. The highest BCUT2D eigenvalue weighted by Gasteiger charge is 2.13. The van der Waals surface area contributed by atoms with E-state index in [9.17, 15) is 10.1 Å². The van der Waals surface area contributed by atoms with Gasteiger partial charge >= 0.3 is 0 Å². The van der Waals surface area contributed by atoms with Crippen molar-refractivity contribution in [2.45, 2.75) is 13.5 Å². The molecule has 2 N–H and O–H groups in total. The van der Waals surface area contributed by atoms with E-state index in [2.05, 4.69) is 20.7 Å². The predicted octanol–water partition coefficient (Wildman–Crippen LogP) is 3.36. The normalized spacial score (nSPS) is 10.4. The fraction of sp³-hybridized carbons (Fsp3) is 0.167. The van der Waals surface area contributed by atoms with Gasteiger partial charge in [0, 0.05) is 6.07 Å². The van der Waals surface area contributed by atoms with Crippen molar-refractivity contribution in [3.05, 3.63) is 70.0 Å². The summed E-state index contributed by atoms with van der Waals surface area (Å²) in [6, 6.07) is 12.3. The maximum atomic E-state index is 10.9. The van der Waals surface area contributed by atoms with Gasteiger partial charge in [0.1, 0.15) is 12.1 Å². The second-order valence-electron chi connectivity index (χ2n) is 5.91. The maximum absolute atomic E-state index is 10.9. The fourth-order valence-corrected chi connectivity index (χ4v) is 2.74. The molecule has 10 heteroatoms. The van der Waals surface area contributed by atoms with E-state index in [1.165, 1.54) is 30.9 Å². The van der Waals surface area contributed by atoms with Gasteiger partial charge in [0.2, 0.25) is 5.95 Å². The third kappa shape index (κ3) is 4.60. The Balaban J connectivity index is 1.65. The lowest BCUT2D eigenvalue weighted by molar-refractivity contribution is -0.384. The van der Waals surface area contributed by atoms with Crippen LogP contribution in [0.25, 0.3) is 0 Å². The standard InChI is InChI=1S/C18H18N6O3S/c1-12-5-3-4-6-13(12)10-23-11-19-17(22-23)21-18(28)20-15-8-7-14(24(25)26)9-16(15)27-2/h3-9,11H,10H2,1-2H3,(H2,20,21,22,28). The van der Waals surface area contributed by atoms with Gasteiger partial charge in [-0.3, -0.25) is 15.4 Å². The van der Waals surface area contributed by atoms with Crippen LogP contribution in [-0.4, -0.2) is 31.9 Å². The number of anilines is 2. The van der Waals surface area contributed by atoms with Crippen LogP contribution < -0.4 is 15.4 Å². The molecule has 0 atom stereocenters. The van der Waals surface area contributed by atoms with E-state index >= 15 is 0 Å². The first-order chi connectivity index (χ1) is 13.5. The third-order valence-electron chi connectivity index (χ3n) is 4.00. The molecule has 0 aliphatic carbocycles. The largest absolute Gasteiger partial charge is 0.494 e. The van der Waals surface area contributed by atoms with Crippen LogP contribution in [0.5, 0.6) is 5.75 Å². The Morgan fingerprint density at radius 3 is 2.79 bits per heavy atom. The average Bonchev–Trinajstić information content (AvgIpc) is 3.10. The number of methoxy groups -OCH3 is 1. The van der Waals surface area contributed by atoms with Crippen LogP contribution >= 0.6 is 12.2 Å². The van der Waals surface area contributed by atoms with E-state index in [1.54, 1.807) is 11.0 Å². The van der Waals surface area contributed by atoms with Crippen LogP contribution in [0.2, 0.25) is 0 Å². The van der Waals surface area contributed by atoms with Gasteiger partial charge in [0.15, 0.2) is 5.11 Å². The number of hydrogen-bond donors (Lipinski definition) is 2. The van der Waals surface area contributed by atoms with E-state index in [0.29, 0.717) is 23.9 Å². The second kappa shape index (κ2) is 8.44. The highest BCUT2D eigenvalue weighted by molar-refractivity contribution is 7.80. The molecule has 0 spiro atoms. The monoisotopic (exact) mass is 398 g/mol. The van der Waals surface area contributed by atoms with Gasteiger partial charge in [0.25, 0.3) is 5.69 Å². The number of non-ortho nitro benzene ring substituents is 1. The van der Waals surface area contributed by atoms with Crippen molar-refractivity contribution in [3.63, 3.8) is 0 Å². The molecule has 0 saturated carbocycles. The number of nitro benzene ring substituents is 1. The molecule has 0 radical (unpaired) electrons. The van der Waals surface area contributed by atoms with E-state index < -0.39 is 4.92 Å². The second-order valence-corrected chi connectivity index (χ2v) is 6.32. The van der Waals surface area contributed by atoms with Crippen molar-refractivity contribution in [3.8, 4) is 5.75 Å². The van der Waals surface area contributed by atoms with Crippen molar-refractivity contribution in [1.82, 2.24) is 14.8 Å².